The standard InChI is InChI=1S/C20H41NO2S.C10H20O.C2H6/c1-3-4-5-6-7-8-9-10-11-12-13-16-23-20(22)15-18-24-17-14-19(2)21;1-2-3-4-5-6-7-8-9-10-11;1-2/h19H,3-18,21H2,1-2H3;2,11H,1,3-10H2;1-2H3. The largest absolute Gasteiger partial charge is 0.466 e. The molecule has 0 saturated heterocycles. The van der Waals surface area contributed by atoms with Crippen molar-refractivity contribution >= 4 is 17.7 Å². The van der Waals surface area contributed by atoms with Crippen LogP contribution in [-0.2, 0) is 9.53 Å². The SMILES string of the molecule is C=CCCCCCCCCO.CC.CCCCCCCCCCCCCOC(=O)CCSCCC(C)N. The molecule has 37 heavy (non-hydrogen) atoms. The van der Waals surface area contributed by atoms with Crippen LogP contribution < -0.4 is 5.73 Å². The molecule has 224 valence electrons. The summed E-state index contributed by atoms with van der Waals surface area (Å²) in [5.74, 6) is 1.84. The zero-order valence-corrected chi connectivity index (χ0v) is 26.4. The normalized spacial score (nSPS) is 11.1. The molecule has 0 bridgehead atoms. The number of thioether (sulfide) groups is 1. The van der Waals surface area contributed by atoms with E-state index in [2.05, 4.69) is 13.5 Å². The quantitative estimate of drug-likeness (QED) is 0.0643. The van der Waals surface area contributed by atoms with Crippen molar-refractivity contribution in [3.05, 3.63) is 12.7 Å². The Morgan fingerprint density at radius 3 is 1.81 bits per heavy atom. The molecule has 0 aromatic heterocycles. The van der Waals surface area contributed by atoms with Crippen molar-refractivity contribution in [2.75, 3.05) is 24.7 Å². The molecule has 0 fully saturated rings. The summed E-state index contributed by atoms with van der Waals surface area (Å²) in [4.78, 5) is 11.6. The minimum Gasteiger partial charge on any atom is -0.466 e. The van der Waals surface area contributed by atoms with Gasteiger partial charge < -0.3 is 15.6 Å². The van der Waals surface area contributed by atoms with E-state index in [1.54, 1.807) is 11.8 Å². The lowest BCUT2D eigenvalue weighted by Gasteiger charge is -2.06. The maximum Gasteiger partial charge on any atom is 0.306 e. The highest BCUT2D eigenvalue weighted by molar-refractivity contribution is 7.99. The van der Waals surface area contributed by atoms with E-state index in [0.717, 1.165) is 37.2 Å². The van der Waals surface area contributed by atoms with Crippen LogP contribution in [0.5, 0.6) is 0 Å². The molecule has 3 N–H and O–H groups in total. The van der Waals surface area contributed by atoms with Crippen LogP contribution >= 0.6 is 11.8 Å². The summed E-state index contributed by atoms with van der Waals surface area (Å²) in [6.45, 7) is 12.9. The molecule has 0 saturated carbocycles. The number of hydrogen-bond donors (Lipinski definition) is 2. The summed E-state index contributed by atoms with van der Waals surface area (Å²) in [6, 6.07) is 0.255. The van der Waals surface area contributed by atoms with Gasteiger partial charge in [-0.1, -0.05) is 117 Å². The van der Waals surface area contributed by atoms with E-state index in [-0.39, 0.29) is 12.0 Å². The highest BCUT2D eigenvalue weighted by atomic mass is 32.2. The van der Waals surface area contributed by atoms with Crippen LogP contribution in [0.15, 0.2) is 12.7 Å². The highest BCUT2D eigenvalue weighted by Crippen LogP contribution is 2.12. The third-order valence-electron chi connectivity index (χ3n) is 6.00. The van der Waals surface area contributed by atoms with Crippen molar-refractivity contribution in [2.24, 2.45) is 5.73 Å². The zero-order valence-electron chi connectivity index (χ0n) is 25.6. The summed E-state index contributed by atoms with van der Waals surface area (Å²) in [5.41, 5.74) is 5.69. The van der Waals surface area contributed by atoms with Crippen molar-refractivity contribution in [2.45, 2.75) is 162 Å². The molecule has 0 spiro atoms. The van der Waals surface area contributed by atoms with Crippen LogP contribution in [0.1, 0.15) is 156 Å². The number of carbonyl (C=O) groups excluding carboxylic acids is 1. The van der Waals surface area contributed by atoms with Crippen LogP contribution in [-0.4, -0.2) is 41.8 Å². The minimum atomic E-state index is -0.0459. The Bertz CT molecular complexity index is 419. The van der Waals surface area contributed by atoms with Crippen LogP contribution in [0.2, 0.25) is 0 Å². The van der Waals surface area contributed by atoms with Crippen molar-refractivity contribution < 1.29 is 14.6 Å². The smallest absolute Gasteiger partial charge is 0.306 e. The van der Waals surface area contributed by atoms with Crippen molar-refractivity contribution in [1.29, 1.82) is 0 Å². The Labute approximate surface area is 237 Å². The molecule has 0 rings (SSSR count). The summed E-state index contributed by atoms with van der Waals surface area (Å²) >= 11 is 1.79. The van der Waals surface area contributed by atoms with Crippen molar-refractivity contribution in [1.82, 2.24) is 0 Å². The summed E-state index contributed by atoms with van der Waals surface area (Å²) in [7, 11) is 0. The number of hydrogen-bond acceptors (Lipinski definition) is 5. The van der Waals surface area contributed by atoms with Gasteiger partial charge in [-0.2, -0.15) is 11.8 Å². The highest BCUT2D eigenvalue weighted by Gasteiger charge is 2.03. The predicted molar refractivity (Wildman–Crippen MR) is 169 cm³/mol. The third kappa shape index (κ3) is 45.8. The second-order valence-electron chi connectivity index (χ2n) is 9.81. The second kappa shape index (κ2) is 40.0. The van der Waals surface area contributed by atoms with E-state index in [4.69, 9.17) is 15.6 Å². The lowest BCUT2D eigenvalue weighted by Crippen LogP contribution is -2.15. The van der Waals surface area contributed by atoms with Gasteiger partial charge >= 0.3 is 5.97 Å². The number of aliphatic hydroxyl groups is 1. The first kappa shape index (κ1) is 41.0. The van der Waals surface area contributed by atoms with Gasteiger partial charge in [0.2, 0.25) is 0 Å². The molecule has 0 aliphatic carbocycles. The van der Waals surface area contributed by atoms with Gasteiger partial charge in [0.1, 0.15) is 0 Å². The van der Waals surface area contributed by atoms with Crippen molar-refractivity contribution in [3.8, 4) is 0 Å². The molecule has 0 amide bonds. The minimum absolute atomic E-state index is 0.0459. The molecular weight excluding hydrogens is 478 g/mol. The Morgan fingerprint density at radius 1 is 0.838 bits per heavy atom. The number of rotatable bonds is 26. The Morgan fingerprint density at radius 2 is 1.32 bits per heavy atom. The number of allylic oxidation sites excluding steroid dienone is 1. The van der Waals surface area contributed by atoms with Gasteiger partial charge in [0.15, 0.2) is 0 Å². The molecule has 4 nitrogen and oxygen atoms in total. The predicted octanol–water partition coefficient (Wildman–Crippen LogP) is 9.62. The molecule has 1 atom stereocenters. The summed E-state index contributed by atoms with van der Waals surface area (Å²) in [6.07, 6.45) is 26.5. The Hall–Kier alpha value is -0.520. The maximum atomic E-state index is 11.6. The molecule has 1 unspecified atom stereocenters. The molecule has 0 aromatic rings. The van der Waals surface area contributed by atoms with E-state index in [0.29, 0.717) is 19.6 Å². The van der Waals surface area contributed by atoms with Gasteiger partial charge in [-0.15, -0.1) is 6.58 Å². The number of nitrogens with two attached hydrogens (primary N) is 1. The molecule has 0 aliphatic heterocycles. The molecule has 0 aromatic carbocycles. The fourth-order valence-corrected chi connectivity index (χ4v) is 4.71. The summed E-state index contributed by atoms with van der Waals surface area (Å²) in [5, 5.41) is 8.49. The number of unbranched alkanes of at least 4 members (excludes halogenated alkanes) is 16. The van der Waals surface area contributed by atoms with E-state index >= 15 is 0 Å². The number of ether oxygens (including phenoxy) is 1. The van der Waals surface area contributed by atoms with Crippen LogP contribution in [0.4, 0.5) is 0 Å². The first-order valence-electron chi connectivity index (χ1n) is 15.8. The fourth-order valence-electron chi connectivity index (χ4n) is 3.66. The number of aliphatic hydroxyl groups excluding tert-OH is 1. The Kier molecular flexibility index (Phi) is 44.3. The Balaban J connectivity index is -0.000000742. The summed E-state index contributed by atoms with van der Waals surface area (Å²) < 4.78 is 5.28. The molecule has 0 aliphatic rings. The van der Waals surface area contributed by atoms with E-state index in [1.165, 1.54) is 96.3 Å². The van der Waals surface area contributed by atoms with Gasteiger partial charge in [-0.25, -0.2) is 0 Å². The van der Waals surface area contributed by atoms with Crippen LogP contribution in [0, 0.1) is 0 Å². The topological polar surface area (TPSA) is 72.5 Å². The molecule has 0 heterocycles. The third-order valence-corrected chi connectivity index (χ3v) is 7.01. The van der Waals surface area contributed by atoms with Crippen molar-refractivity contribution in [3.63, 3.8) is 0 Å². The monoisotopic (exact) mass is 545 g/mol. The average Bonchev–Trinajstić information content (AvgIpc) is 2.90. The fraction of sp³-hybridized carbons (Fsp3) is 0.906. The van der Waals surface area contributed by atoms with Gasteiger partial charge in [0.05, 0.1) is 13.0 Å². The molecule has 5 heteroatoms. The van der Waals surface area contributed by atoms with E-state index in [9.17, 15) is 4.79 Å². The number of carbonyl (C=O) groups is 1. The lowest BCUT2D eigenvalue weighted by molar-refractivity contribution is -0.143. The van der Waals surface area contributed by atoms with Gasteiger partial charge in [0.25, 0.3) is 0 Å². The first-order valence-corrected chi connectivity index (χ1v) is 16.9. The van der Waals surface area contributed by atoms with Gasteiger partial charge in [0, 0.05) is 18.4 Å². The molecule has 0 radical (unpaired) electrons. The maximum absolute atomic E-state index is 11.6. The van der Waals surface area contributed by atoms with Gasteiger partial charge in [-0.05, 0) is 44.8 Å². The van der Waals surface area contributed by atoms with Crippen LogP contribution in [0.25, 0.3) is 0 Å². The lowest BCUT2D eigenvalue weighted by atomic mass is 10.1. The second-order valence-corrected chi connectivity index (χ2v) is 11.0. The average molecular weight is 546 g/mol. The first-order chi connectivity index (χ1) is 18.1. The van der Waals surface area contributed by atoms with E-state index in [1.807, 2.05) is 26.8 Å². The van der Waals surface area contributed by atoms with Gasteiger partial charge in [-0.3, -0.25) is 4.79 Å². The number of esters is 1. The zero-order chi connectivity index (χ0) is 28.2. The van der Waals surface area contributed by atoms with Crippen LogP contribution in [0.3, 0.4) is 0 Å². The molecular formula is C32H67NO3S. The van der Waals surface area contributed by atoms with E-state index < -0.39 is 0 Å².